The molecule has 0 saturated heterocycles. The van der Waals surface area contributed by atoms with Crippen molar-refractivity contribution in [3.05, 3.63) is 36.7 Å². The van der Waals surface area contributed by atoms with E-state index in [9.17, 15) is 9.59 Å². The largest absolute Gasteiger partial charge is 0.497 e. The average molecular weight is 396 g/mol. The molecule has 6 heteroatoms. The van der Waals surface area contributed by atoms with Gasteiger partial charge in [-0.25, -0.2) is 9.97 Å². The Hall–Kier alpha value is -2.76. The molecule has 0 aliphatic heterocycles. The summed E-state index contributed by atoms with van der Waals surface area (Å²) in [6.07, 6.45) is 8.63. The summed E-state index contributed by atoms with van der Waals surface area (Å²) in [5.74, 6) is 1.70. The molecule has 29 heavy (non-hydrogen) atoms. The summed E-state index contributed by atoms with van der Waals surface area (Å²) in [6, 6.07) is 7.44. The number of methoxy groups -OCH3 is 1. The van der Waals surface area contributed by atoms with Crippen LogP contribution in [0, 0.1) is 11.8 Å². The number of carbonyl (C=O) groups excluding carboxylic acids is 2. The van der Waals surface area contributed by atoms with Gasteiger partial charge in [-0.1, -0.05) is 13.3 Å². The van der Waals surface area contributed by atoms with Crippen LogP contribution in [0.2, 0.25) is 0 Å². The van der Waals surface area contributed by atoms with Crippen LogP contribution in [-0.2, 0) is 9.59 Å². The number of nitrogens with zero attached hydrogens (tertiary/aromatic N) is 2. The van der Waals surface area contributed by atoms with Crippen LogP contribution in [0.1, 0.15) is 51.9 Å². The molecular weight excluding hydrogens is 368 g/mol. The molecule has 0 bridgehead atoms. The first kappa shape index (κ1) is 21.0. The summed E-state index contributed by atoms with van der Waals surface area (Å²) in [5, 5.41) is 0. The van der Waals surface area contributed by atoms with Gasteiger partial charge in [-0.2, -0.15) is 0 Å². The van der Waals surface area contributed by atoms with Crippen molar-refractivity contribution in [2.24, 2.45) is 11.8 Å². The van der Waals surface area contributed by atoms with Gasteiger partial charge in [-0.05, 0) is 56.4 Å². The fourth-order valence-electron chi connectivity index (χ4n) is 3.66. The zero-order valence-electron chi connectivity index (χ0n) is 17.1. The van der Waals surface area contributed by atoms with Gasteiger partial charge in [0.2, 0.25) is 0 Å². The van der Waals surface area contributed by atoms with E-state index in [1.54, 1.807) is 7.11 Å². The lowest BCUT2D eigenvalue weighted by atomic mass is 9.79. The highest BCUT2D eigenvalue weighted by Gasteiger charge is 2.30. The molecule has 2 aromatic rings. The second-order valence-corrected chi connectivity index (χ2v) is 7.51. The minimum atomic E-state index is -0.259. The molecule has 0 atom stereocenters. The Labute approximate surface area is 171 Å². The van der Waals surface area contributed by atoms with Crippen LogP contribution < -0.4 is 9.47 Å². The smallest absolute Gasteiger partial charge is 0.314 e. The van der Waals surface area contributed by atoms with Crippen LogP contribution in [0.5, 0.6) is 11.5 Å². The molecule has 1 fully saturated rings. The molecule has 1 saturated carbocycles. The van der Waals surface area contributed by atoms with Gasteiger partial charge in [-0.3, -0.25) is 9.59 Å². The monoisotopic (exact) mass is 396 g/mol. The normalized spacial score (nSPS) is 18.8. The van der Waals surface area contributed by atoms with Crippen LogP contribution in [0.4, 0.5) is 0 Å². The number of unbranched alkanes of at least 4 members (excludes halogenated alkanes) is 1. The maximum absolute atomic E-state index is 12.5. The molecule has 0 amide bonds. The summed E-state index contributed by atoms with van der Waals surface area (Å²) in [7, 11) is 1.62. The quantitative estimate of drug-likeness (QED) is 0.606. The number of hydrogen-bond acceptors (Lipinski definition) is 6. The maximum atomic E-state index is 12.5. The van der Waals surface area contributed by atoms with Gasteiger partial charge < -0.3 is 9.47 Å². The van der Waals surface area contributed by atoms with Crippen LogP contribution in [0.25, 0.3) is 11.4 Å². The molecule has 154 valence electrons. The molecule has 0 unspecified atom stereocenters. The Balaban J connectivity index is 1.51. The number of ketones is 1. The molecule has 3 rings (SSSR count). The Morgan fingerprint density at radius 3 is 2.17 bits per heavy atom. The minimum Gasteiger partial charge on any atom is -0.497 e. The number of hydrogen-bond donors (Lipinski definition) is 0. The van der Waals surface area contributed by atoms with Gasteiger partial charge >= 0.3 is 5.97 Å². The Morgan fingerprint density at radius 2 is 1.59 bits per heavy atom. The van der Waals surface area contributed by atoms with Crippen molar-refractivity contribution in [1.29, 1.82) is 0 Å². The second kappa shape index (κ2) is 10.1. The zero-order valence-corrected chi connectivity index (χ0v) is 17.1. The van der Waals surface area contributed by atoms with Gasteiger partial charge in [0, 0.05) is 17.9 Å². The van der Waals surface area contributed by atoms with Crippen LogP contribution in [0.15, 0.2) is 36.7 Å². The molecule has 0 spiro atoms. The van der Waals surface area contributed by atoms with Crippen molar-refractivity contribution >= 4 is 11.8 Å². The fourth-order valence-corrected chi connectivity index (χ4v) is 3.66. The lowest BCUT2D eigenvalue weighted by Gasteiger charge is -2.26. The van der Waals surface area contributed by atoms with E-state index in [-0.39, 0.29) is 17.8 Å². The van der Waals surface area contributed by atoms with Gasteiger partial charge in [-0.15, -0.1) is 0 Å². The number of ether oxygens (including phenoxy) is 2. The van der Waals surface area contributed by atoms with E-state index in [1.807, 2.05) is 24.3 Å². The third kappa shape index (κ3) is 5.62. The fraction of sp³-hybridized carbons (Fsp3) is 0.478. The van der Waals surface area contributed by atoms with E-state index >= 15 is 0 Å². The molecule has 6 nitrogen and oxygen atoms in total. The number of esters is 1. The number of rotatable bonds is 8. The number of Topliss-reactive ketones (excluding diaryl/α,β-unsaturated/α-hetero) is 1. The summed E-state index contributed by atoms with van der Waals surface area (Å²) in [4.78, 5) is 33.2. The van der Waals surface area contributed by atoms with Gasteiger partial charge in [0.15, 0.2) is 11.6 Å². The predicted octanol–water partition coefficient (Wildman–Crippen LogP) is 4.62. The number of aromatic nitrogens is 2. The molecule has 1 aromatic heterocycles. The minimum absolute atomic E-state index is 0.109. The van der Waals surface area contributed by atoms with Crippen molar-refractivity contribution < 1.29 is 19.1 Å². The van der Waals surface area contributed by atoms with E-state index in [0.29, 0.717) is 36.6 Å². The van der Waals surface area contributed by atoms with E-state index in [2.05, 4.69) is 16.9 Å². The molecule has 0 N–H and O–H groups in total. The van der Waals surface area contributed by atoms with Crippen LogP contribution >= 0.6 is 0 Å². The van der Waals surface area contributed by atoms with Crippen molar-refractivity contribution in [2.45, 2.75) is 51.9 Å². The van der Waals surface area contributed by atoms with E-state index in [1.165, 1.54) is 12.4 Å². The van der Waals surface area contributed by atoms with Crippen molar-refractivity contribution in [2.75, 3.05) is 7.11 Å². The highest BCUT2D eigenvalue weighted by molar-refractivity contribution is 5.81. The maximum Gasteiger partial charge on any atom is 0.314 e. The third-order valence-electron chi connectivity index (χ3n) is 5.49. The molecule has 0 radical (unpaired) electrons. The van der Waals surface area contributed by atoms with Crippen molar-refractivity contribution in [1.82, 2.24) is 9.97 Å². The number of benzene rings is 1. The second-order valence-electron chi connectivity index (χ2n) is 7.51. The Bertz CT molecular complexity index is 810. The molecular formula is C23H28N2O4. The lowest BCUT2D eigenvalue weighted by Crippen LogP contribution is -2.28. The SMILES string of the molecule is CCCCC(=O)C1CCC(C(=O)Oc2cnc(-c3ccc(OC)cc3)nc2)CC1. The highest BCUT2D eigenvalue weighted by atomic mass is 16.5. The summed E-state index contributed by atoms with van der Waals surface area (Å²) in [5.41, 5.74) is 0.856. The zero-order chi connectivity index (χ0) is 20.6. The summed E-state index contributed by atoms with van der Waals surface area (Å²) >= 11 is 0. The summed E-state index contributed by atoms with van der Waals surface area (Å²) in [6.45, 7) is 2.09. The average Bonchev–Trinajstić information content (AvgIpc) is 2.78. The standard InChI is InChI=1S/C23H28N2O4/c1-3-4-5-21(26)16-6-8-18(9-7-16)23(27)29-20-14-24-22(25-15-20)17-10-12-19(28-2)13-11-17/h10-16,18H,3-9H2,1-2H3. The molecule has 1 aliphatic rings. The third-order valence-corrected chi connectivity index (χ3v) is 5.49. The van der Waals surface area contributed by atoms with Gasteiger partial charge in [0.05, 0.1) is 25.4 Å². The molecule has 1 aromatic carbocycles. The van der Waals surface area contributed by atoms with Crippen LogP contribution in [-0.4, -0.2) is 28.8 Å². The molecule has 1 heterocycles. The predicted molar refractivity (Wildman–Crippen MR) is 110 cm³/mol. The van der Waals surface area contributed by atoms with E-state index in [4.69, 9.17) is 9.47 Å². The Morgan fingerprint density at radius 1 is 0.966 bits per heavy atom. The lowest BCUT2D eigenvalue weighted by molar-refractivity contribution is -0.141. The van der Waals surface area contributed by atoms with E-state index < -0.39 is 0 Å². The Kier molecular flexibility index (Phi) is 7.33. The number of carbonyl (C=O) groups is 2. The first-order valence-electron chi connectivity index (χ1n) is 10.3. The topological polar surface area (TPSA) is 78.4 Å². The summed E-state index contributed by atoms with van der Waals surface area (Å²) < 4.78 is 10.6. The first-order chi connectivity index (χ1) is 14.1. The van der Waals surface area contributed by atoms with Crippen molar-refractivity contribution in [3.63, 3.8) is 0 Å². The first-order valence-corrected chi connectivity index (χ1v) is 10.3. The van der Waals surface area contributed by atoms with Crippen LogP contribution in [0.3, 0.4) is 0 Å². The van der Waals surface area contributed by atoms with Gasteiger partial charge in [0.1, 0.15) is 11.5 Å². The molecule has 1 aliphatic carbocycles. The van der Waals surface area contributed by atoms with Gasteiger partial charge in [0.25, 0.3) is 0 Å². The van der Waals surface area contributed by atoms with E-state index in [0.717, 1.165) is 37.0 Å². The van der Waals surface area contributed by atoms with Crippen molar-refractivity contribution in [3.8, 4) is 22.9 Å². The highest BCUT2D eigenvalue weighted by Crippen LogP contribution is 2.31.